The van der Waals surface area contributed by atoms with Crippen molar-refractivity contribution in [2.75, 3.05) is 6.61 Å². The number of amides is 2. The summed E-state index contributed by atoms with van der Waals surface area (Å²) < 4.78 is 4.69. The molecule has 0 radical (unpaired) electrons. The molecule has 1 aromatic rings. The second-order valence-corrected chi connectivity index (χ2v) is 9.48. The van der Waals surface area contributed by atoms with Crippen LogP contribution < -0.4 is 10.9 Å². The van der Waals surface area contributed by atoms with Crippen molar-refractivity contribution in [2.45, 2.75) is 49.0 Å². The SMILES string of the molecule is CCOC(=O)C(C(=O)N[C@@H]1C(=O)N2[C@@H]1SC(C)(C)[C@@H]2C(=O)O)n1cc(C(=O)O)ccc1=O. The lowest BCUT2D eigenvalue weighted by Gasteiger charge is -2.43. The summed E-state index contributed by atoms with van der Waals surface area (Å²) in [5.41, 5.74) is -1.16. The molecule has 2 aliphatic rings. The van der Waals surface area contributed by atoms with E-state index in [4.69, 9.17) is 4.74 Å². The van der Waals surface area contributed by atoms with E-state index in [9.17, 15) is 39.0 Å². The van der Waals surface area contributed by atoms with Crippen LogP contribution in [-0.2, 0) is 23.9 Å². The Bertz CT molecular complexity index is 1070. The van der Waals surface area contributed by atoms with Crippen LogP contribution in [0.1, 0.15) is 37.2 Å². The highest BCUT2D eigenvalue weighted by Gasteiger charge is 2.64. The van der Waals surface area contributed by atoms with Crippen LogP contribution in [0.3, 0.4) is 0 Å². The number of esters is 1. The maximum atomic E-state index is 13.0. The highest BCUT2D eigenvalue weighted by molar-refractivity contribution is 8.01. The Morgan fingerprint density at radius 1 is 1.22 bits per heavy atom. The minimum atomic E-state index is -1.88. The maximum absolute atomic E-state index is 13.0. The van der Waals surface area contributed by atoms with Gasteiger partial charge in [-0.3, -0.25) is 19.0 Å². The van der Waals surface area contributed by atoms with Gasteiger partial charge in [-0.05, 0) is 26.8 Å². The smallest absolute Gasteiger partial charge is 0.339 e. The Balaban J connectivity index is 1.90. The fourth-order valence-corrected chi connectivity index (χ4v) is 5.40. The molecule has 1 aromatic heterocycles. The third-order valence-corrected chi connectivity index (χ3v) is 6.77. The molecule has 13 heteroatoms. The molecule has 2 amide bonds. The van der Waals surface area contributed by atoms with Crippen LogP contribution in [0.4, 0.5) is 0 Å². The van der Waals surface area contributed by atoms with Crippen LogP contribution >= 0.6 is 11.8 Å². The molecular weight excluding hydrogens is 446 g/mol. The van der Waals surface area contributed by atoms with Gasteiger partial charge in [-0.25, -0.2) is 14.4 Å². The maximum Gasteiger partial charge on any atom is 0.339 e. The summed E-state index contributed by atoms with van der Waals surface area (Å²) in [5.74, 6) is -5.35. The minimum Gasteiger partial charge on any atom is -0.480 e. The third kappa shape index (κ3) is 3.83. The predicted octanol–water partition coefficient (Wildman–Crippen LogP) is -0.718. The quantitative estimate of drug-likeness (QED) is 0.264. The molecule has 0 bridgehead atoms. The number of aromatic carboxylic acids is 1. The summed E-state index contributed by atoms with van der Waals surface area (Å²) in [6, 6.07) is -2.16. The van der Waals surface area contributed by atoms with E-state index in [-0.39, 0.29) is 12.2 Å². The van der Waals surface area contributed by atoms with Gasteiger partial charge in [-0.15, -0.1) is 11.8 Å². The first-order valence-corrected chi connectivity index (χ1v) is 10.4. The second-order valence-electron chi connectivity index (χ2n) is 7.71. The minimum absolute atomic E-state index is 0.112. The Labute approximate surface area is 185 Å². The van der Waals surface area contributed by atoms with Crippen molar-refractivity contribution in [3.63, 3.8) is 0 Å². The zero-order chi connectivity index (χ0) is 24.0. The van der Waals surface area contributed by atoms with E-state index in [1.54, 1.807) is 13.8 Å². The van der Waals surface area contributed by atoms with Gasteiger partial charge >= 0.3 is 17.9 Å². The summed E-state index contributed by atoms with van der Waals surface area (Å²) in [4.78, 5) is 74.5. The molecule has 0 aliphatic carbocycles. The van der Waals surface area contributed by atoms with Crippen LogP contribution in [0.25, 0.3) is 0 Å². The number of carboxylic acids is 2. The van der Waals surface area contributed by atoms with Crippen molar-refractivity contribution in [3.05, 3.63) is 34.2 Å². The lowest BCUT2D eigenvalue weighted by atomic mass is 9.96. The van der Waals surface area contributed by atoms with E-state index in [2.05, 4.69) is 5.32 Å². The van der Waals surface area contributed by atoms with E-state index in [1.807, 2.05) is 0 Å². The lowest BCUT2D eigenvalue weighted by Crippen LogP contribution is -2.71. The molecule has 3 N–H and O–H groups in total. The number of fused-ring (bicyclic) bond motifs is 1. The number of rotatable bonds is 7. The van der Waals surface area contributed by atoms with Crippen LogP contribution in [0.15, 0.2) is 23.1 Å². The summed E-state index contributed by atoms with van der Waals surface area (Å²) in [5, 5.41) is 20.4. The number of aliphatic carboxylic acids is 1. The van der Waals surface area contributed by atoms with Gasteiger partial charge in [-0.1, -0.05) is 0 Å². The number of aromatic nitrogens is 1. The number of β-lactam (4-membered cyclic amide) rings is 1. The third-order valence-electron chi connectivity index (χ3n) is 5.19. The van der Waals surface area contributed by atoms with Crippen LogP contribution in [0.5, 0.6) is 0 Å². The van der Waals surface area contributed by atoms with Crippen molar-refractivity contribution in [1.82, 2.24) is 14.8 Å². The van der Waals surface area contributed by atoms with Gasteiger partial charge in [0.15, 0.2) is 0 Å². The van der Waals surface area contributed by atoms with E-state index in [0.717, 1.165) is 23.2 Å². The zero-order valence-corrected chi connectivity index (χ0v) is 18.1. The largest absolute Gasteiger partial charge is 0.480 e. The van der Waals surface area contributed by atoms with Crippen LogP contribution in [0.2, 0.25) is 0 Å². The van der Waals surface area contributed by atoms with Gasteiger partial charge in [0.1, 0.15) is 17.5 Å². The molecule has 0 saturated carbocycles. The second kappa shape index (κ2) is 8.30. The van der Waals surface area contributed by atoms with Crippen molar-refractivity contribution in [1.29, 1.82) is 0 Å². The lowest BCUT2D eigenvalue weighted by molar-refractivity contribution is -0.162. The molecule has 0 spiro atoms. The molecule has 2 fully saturated rings. The zero-order valence-electron chi connectivity index (χ0n) is 17.3. The van der Waals surface area contributed by atoms with E-state index in [0.29, 0.717) is 4.57 Å². The molecule has 2 aliphatic heterocycles. The normalized spacial score (nSPS) is 24.2. The molecule has 1 unspecified atom stereocenters. The first-order chi connectivity index (χ1) is 14.9. The monoisotopic (exact) mass is 467 g/mol. The standard InChI is InChI=1S/C19H21N3O9S/c1-4-31-18(30)11(21-7-8(16(26)27)5-6-9(21)23)13(24)20-10-14(25)22-12(17(28)29)19(2,3)32-15(10)22/h5-7,10-12,15H,4H2,1-3H3,(H,20,24)(H,26,27)(H,28,29)/t10-,11?,12+,15-/m1/s1. The van der Waals surface area contributed by atoms with Gasteiger partial charge in [0, 0.05) is 17.0 Å². The summed E-state index contributed by atoms with van der Waals surface area (Å²) >= 11 is 1.19. The predicted molar refractivity (Wildman–Crippen MR) is 109 cm³/mol. The number of nitrogens with one attached hydrogen (secondary N) is 1. The number of carbonyl (C=O) groups excluding carboxylic acids is 3. The molecule has 2 saturated heterocycles. The number of hydrogen-bond donors (Lipinski definition) is 3. The van der Waals surface area contributed by atoms with Crippen molar-refractivity contribution < 1.29 is 38.9 Å². The number of carbonyl (C=O) groups is 5. The van der Waals surface area contributed by atoms with Gasteiger partial charge in [0.05, 0.1) is 12.2 Å². The van der Waals surface area contributed by atoms with E-state index in [1.165, 1.54) is 18.7 Å². The number of nitrogens with zero attached hydrogens (tertiary/aromatic N) is 2. The van der Waals surface area contributed by atoms with Crippen molar-refractivity contribution in [2.24, 2.45) is 0 Å². The number of hydrogen-bond acceptors (Lipinski definition) is 8. The Morgan fingerprint density at radius 2 is 1.88 bits per heavy atom. The topological polar surface area (TPSA) is 172 Å². The molecular formula is C19H21N3O9S. The van der Waals surface area contributed by atoms with Crippen LogP contribution in [0, 0.1) is 0 Å². The molecule has 3 rings (SSSR count). The van der Waals surface area contributed by atoms with Crippen molar-refractivity contribution >= 4 is 41.5 Å². The number of carboxylic acid groups (broad SMARTS) is 2. The fourth-order valence-electron chi connectivity index (χ4n) is 3.78. The number of ether oxygens (including phenoxy) is 1. The van der Waals surface area contributed by atoms with Gasteiger partial charge in [0.2, 0.25) is 11.9 Å². The van der Waals surface area contributed by atoms with E-state index >= 15 is 0 Å². The van der Waals surface area contributed by atoms with Gasteiger partial charge in [-0.2, -0.15) is 0 Å². The molecule has 12 nitrogen and oxygen atoms in total. The molecule has 0 aromatic carbocycles. The average molecular weight is 467 g/mol. The number of pyridine rings is 1. The van der Waals surface area contributed by atoms with Crippen LogP contribution in [-0.4, -0.2) is 78.2 Å². The van der Waals surface area contributed by atoms with E-state index < -0.39 is 63.5 Å². The van der Waals surface area contributed by atoms with Crippen molar-refractivity contribution in [3.8, 4) is 0 Å². The van der Waals surface area contributed by atoms with Gasteiger partial charge < -0.3 is 25.2 Å². The summed E-state index contributed by atoms with van der Waals surface area (Å²) in [6.07, 6.45) is 0.842. The highest BCUT2D eigenvalue weighted by Crippen LogP contribution is 2.50. The molecule has 172 valence electrons. The summed E-state index contributed by atoms with van der Waals surface area (Å²) in [7, 11) is 0. The average Bonchev–Trinajstić information content (AvgIpc) is 2.95. The molecule has 32 heavy (non-hydrogen) atoms. The Kier molecular flexibility index (Phi) is 6.05. The molecule has 3 heterocycles. The molecule has 4 atom stereocenters. The summed E-state index contributed by atoms with van der Waals surface area (Å²) in [6.45, 7) is 4.71. The first-order valence-electron chi connectivity index (χ1n) is 9.56. The fraction of sp³-hybridized carbons (Fsp3) is 0.474. The highest BCUT2D eigenvalue weighted by atomic mass is 32.2. The Hall–Kier alpha value is -3.35. The van der Waals surface area contributed by atoms with Gasteiger partial charge in [0.25, 0.3) is 11.5 Å². The first kappa shape index (κ1) is 23.3. The Morgan fingerprint density at radius 3 is 2.44 bits per heavy atom. The number of thioether (sulfide) groups is 1.